The normalized spacial score (nSPS) is 20.9. The predicted molar refractivity (Wildman–Crippen MR) is 60.0 cm³/mol. The summed E-state index contributed by atoms with van der Waals surface area (Å²) in [4.78, 5) is 0. The van der Waals surface area contributed by atoms with Crippen LogP contribution < -0.4 is 5.73 Å². The number of aliphatic hydroxyl groups excluding tert-OH is 1. The molecule has 1 aromatic heterocycles. The Balaban J connectivity index is 2.27. The highest BCUT2D eigenvalue weighted by Crippen LogP contribution is 2.56. The minimum Gasteiger partial charge on any atom is -0.388 e. The first-order chi connectivity index (χ1) is 6.59. The quantitative estimate of drug-likeness (QED) is 0.868. The van der Waals surface area contributed by atoms with Crippen LogP contribution in [-0.2, 0) is 0 Å². The Morgan fingerprint density at radius 3 is 2.57 bits per heavy atom. The SMILES string of the molecule is NCC1(C(O)c2cc(Cl)sc2Cl)CC1. The van der Waals surface area contributed by atoms with Gasteiger partial charge in [-0.3, -0.25) is 0 Å². The van der Waals surface area contributed by atoms with Crippen LogP contribution in [0.15, 0.2) is 6.07 Å². The molecule has 0 spiro atoms. The molecule has 1 fully saturated rings. The van der Waals surface area contributed by atoms with Gasteiger partial charge in [0.1, 0.15) is 4.34 Å². The first-order valence-corrected chi connectivity index (χ1v) is 5.99. The fraction of sp³-hybridized carbons (Fsp3) is 0.556. The van der Waals surface area contributed by atoms with Gasteiger partial charge in [-0.25, -0.2) is 0 Å². The van der Waals surface area contributed by atoms with Crippen molar-refractivity contribution >= 4 is 34.5 Å². The van der Waals surface area contributed by atoms with E-state index in [4.69, 9.17) is 28.9 Å². The standard InChI is InChI=1S/C9H11Cl2NOS/c10-6-3-5(8(11)14-6)7(13)9(4-12)1-2-9/h3,7,13H,1-2,4,12H2. The largest absolute Gasteiger partial charge is 0.388 e. The lowest BCUT2D eigenvalue weighted by molar-refractivity contribution is 0.0980. The summed E-state index contributed by atoms with van der Waals surface area (Å²) in [6.45, 7) is 0.498. The third-order valence-corrected chi connectivity index (χ3v) is 4.37. The van der Waals surface area contributed by atoms with Gasteiger partial charge in [-0.05, 0) is 18.9 Å². The molecule has 1 aliphatic carbocycles. The van der Waals surface area contributed by atoms with Gasteiger partial charge in [-0.2, -0.15) is 0 Å². The topological polar surface area (TPSA) is 46.2 Å². The number of nitrogens with two attached hydrogens (primary N) is 1. The lowest BCUT2D eigenvalue weighted by atomic mass is 9.95. The van der Waals surface area contributed by atoms with Gasteiger partial charge in [0.05, 0.1) is 10.4 Å². The zero-order valence-electron chi connectivity index (χ0n) is 7.46. The summed E-state index contributed by atoms with van der Waals surface area (Å²) < 4.78 is 1.18. The van der Waals surface area contributed by atoms with E-state index in [2.05, 4.69) is 0 Å². The highest BCUT2D eigenvalue weighted by Gasteiger charge is 2.49. The molecule has 0 bridgehead atoms. The Labute approximate surface area is 96.6 Å². The molecule has 2 nitrogen and oxygen atoms in total. The molecule has 78 valence electrons. The lowest BCUT2D eigenvalue weighted by Gasteiger charge is -2.19. The van der Waals surface area contributed by atoms with Crippen molar-refractivity contribution in [2.45, 2.75) is 18.9 Å². The fourth-order valence-corrected chi connectivity index (χ4v) is 3.14. The molecule has 0 aliphatic heterocycles. The Kier molecular flexibility index (Phi) is 2.79. The maximum absolute atomic E-state index is 10.1. The van der Waals surface area contributed by atoms with Crippen LogP contribution in [0.2, 0.25) is 8.67 Å². The third kappa shape index (κ3) is 1.68. The monoisotopic (exact) mass is 251 g/mol. The average molecular weight is 252 g/mol. The first kappa shape index (κ1) is 10.7. The summed E-state index contributed by atoms with van der Waals surface area (Å²) in [5.74, 6) is 0. The van der Waals surface area contributed by atoms with E-state index in [0.29, 0.717) is 15.2 Å². The van der Waals surface area contributed by atoms with Crippen molar-refractivity contribution in [1.82, 2.24) is 0 Å². The maximum Gasteiger partial charge on any atom is 0.100 e. The lowest BCUT2D eigenvalue weighted by Crippen LogP contribution is -2.23. The molecule has 0 amide bonds. The van der Waals surface area contributed by atoms with Gasteiger partial charge < -0.3 is 10.8 Å². The number of rotatable bonds is 3. The molecule has 0 radical (unpaired) electrons. The van der Waals surface area contributed by atoms with Crippen LogP contribution in [0.25, 0.3) is 0 Å². The van der Waals surface area contributed by atoms with Gasteiger partial charge in [0, 0.05) is 17.5 Å². The van der Waals surface area contributed by atoms with E-state index >= 15 is 0 Å². The number of thiophene rings is 1. The molecule has 0 saturated heterocycles. The zero-order valence-corrected chi connectivity index (χ0v) is 9.79. The second kappa shape index (κ2) is 3.65. The summed E-state index contributed by atoms with van der Waals surface area (Å²) in [5.41, 5.74) is 6.21. The fourth-order valence-electron chi connectivity index (χ4n) is 1.62. The van der Waals surface area contributed by atoms with Gasteiger partial charge in [0.15, 0.2) is 0 Å². The summed E-state index contributed by atoms with van der Waals surface area (Å²) >= 11 is 13.1. The number of halogens is 2. The molecular formula is C9H11Cl2NOS. The van der Waals surface area contributed by atoms with Crippen LogP contribution in [0.1, 0.15) is 24.5 Å². The summed E-state index contributed by atoms with van der Waals surface area (Å²) in [5, 5.41) is 10.1. The average Bonchev–Trinajstić information content (AvgIpc) is 2.87. The van der Waals surface area contributed by atoms with Gasteiger partial charge in [-0.15, -0.1) is 11.3 Å². The molecule has 14 heavy (non-hydrogen) atoms. The highest BCUT2D eigenvalue weighted by atomic mass is 35.5. The Bertz CT molecular complexity index is 349. The molecule has 1 aromatic rings. The molecule has 1 atom stereocenters. The number of aliphatic hydroxyl groups is 1. The Morgan fingerprint density at radius 1 is 1.57 bits per heavy atom. The second-order valence-corrected chi connectivity index (χ2v) is 6.03. The van der Waals surface area contributed by atoms with Crippen molar-refractivity contribution in [2.24, 2.45) is 11.1 Å². The van der Waals surface area contributed by atoms with E-state index < -0.39 is 6.10 Å². The van der Waals surface area contributed by atoms with E-state index in [1.165, 1.54) is 11.3 Å². The molecule has 1 unspecified atom stereocenters. The van der Waals surface area contributed by atoms with Gasteiger partial charge in [0.25, 0.3) is 0 Å². The summed E-state index contributed by atoms with van der Waals surface area (Å²) in [6.07, 6.45) is 1.37. The van der Waals surface area contributed by atoms with E-state index in [-0.39, 0.29) is 5.41 Å². The third-order valence-electron chi connectivity index (χ3n) is 2.86. The van der Waals surface area contributed by atoms with Crippen molar-refractivity contribution in [3.8, 4) is 0 Å². The van der Waals surface area contributed by atoms with Crippen LogP contribution >= 0.6 is 34.5 Å². The number of hydrogen-bond acceptors (Lipinski definition) is 3. The second-order valence-electron chi connectivity index (χ2n) is 3.75. The summed E-state index contributed by atoms with van der Waals surface area (Å²) in [6, 6.07) is 1.73. The van der Waals surface area contributed by atoms with E-state index in [1.54, 1.807) is 6.07 Å². The van der Waals surface area contributed by atoms with Crippen LogP contribution in [0.4, 0.5) is 0 Å². The van der Waals surface area contributed by atoms with Crippen molar-refractivity contribution in [3.63, 3.8) is 0 Å². The zero-order chi connectivity index (χ0) is 10.3. The van der Waals surface area contributed by atoms with Crippen LogP contribution in [-0.4, -0.2) is 11.7 Å². The minimum atomic E-state index is -0.566. The van der Waals surface area contributed by atoms with E-state index in [9.17, 15) is 5.11 Å². The van der Waals surface area contributed by atoms with Crippen LogP contribution in [0.5, 0.6) is 0 Å². The minimum absolute atomic E-state index is 0.145. The van der Waals surface area contributed by atoms with Crippen molar-refractivity contribution in [2.75, 3.05) is 6.54 Å². The van der Waals surface area contributed by atoms with Crippen LogP contribution in [0, 0.1) is 5.41 Å². The van der Waals surface area contributed by atoms with Gasteiger partial charge in [-0.1, -0.05) is 23.2 Å². The molecule has 1 aliphatic rings. The molecule has 0 aromatic carbocycles. The van der Waals surface area contributed by atoms with E-state index in [0.717, 1.165) is 18.4 Å². The molecular weight excluding hydrogens is 241 g/mol. The molecule has 5 heteroatoms. The van der Waals surface area contributed by atoms with E-state index in [1.807, 2.05) is 0 Å². The van der Waals surface area contributed by atoms with Crippen molar-refractivity contribution < 1.29 is 5.11 Å². The molecule has 2 rings (SSSR count). The predicted octanol–water partition coefficient (Wildman–Crippen LogP) is 2.83. The van der Waals surface area contributed by atoms with Crippen LogP contribution in [0.3, 0.4) is 0 Å². The van der Waals surface area contributed by atoms with Gasteiger partial charge in [0.2, 0.25) is 0 Å². The molecule has 1 saturated carbocycles. The maximum atomic E-state index is 10.1. The molecule has 3 N–H and O–H groups in total. The Morgan fingerprint density at radius 2 is 2.21 bits per heavy atom. The van der Waals surface area contributed by atoms with Gasteiger partial charge >= 0.3 is 0 Å². The summed E-state index contributed by atoms with van der Waals surface area (Å²) in [7, 11) is 0. The highest BCUT2D eigenvalue weighted by molar-refractivity contribution is 7.20. The first-order valence-electron chi connectivity index (χ1n) is 4.42. The van der Waals surface area contributed by atoms with Crippen molar-refractivity contribution in [1.29, 1.82) is 0 Å². The number of hydrogen-bond donors (Lipinski definition) is 2. The smallest absolute Gasteiger partial charge is 0.100 e. The molecule has 1 heterocycles. The van der Waals surface area contributed by atoms with Crippen molar-refractivity contribution in [3.05, 3.63) is 20.3 Å². The Hall–Kier alpha value is 0.200.